The molecule has 0 spiro atoms. The van der Waals surface area contributed by atoms with Crippen LogP contribution in [0.25, 0.3) is 5.69 Å². The van der Waals surface area contributed by atoms with Crippen molar-refractivity contribution in [3.8, 4) is 5.69 Å². The molecule has 0 saturated carbocycles. The van der Waals surface area contributed by atoms with Crippen LogP contribution in [0.2, 0.25) is 0 Å². The Bertz CT molecular complexity index is 779. The largest absolute Gasteiger partial charge is 0.403 e. The van der Waals surface area contributed by atoms with Gasteiger partial charge in [-0.25, -0.2) is 4.68 Å². The van der Waals surface area contributed by atoms with Crippen LogP contribution in [0, 0.1) is 0 Å². The first-order valence-electron chi connectivity index (χ1n) is 9.24. The van der Waals surface area contributed by atoms with E-state index in [-0.39, 0.29) is 0 Å². The number of hydrogen-bond donors (Lipinski definition) is 1. The highest BCUT2D eigenvalue weighted by Crippen LogP contribution is 2.25. The summed E-state index contributed by atoms with van der Waals surface area (Å²) in [6, 6.07) is 8.36. The first kappa shape index (κ1) is 20.2. The molecule has 1 aliphatic heterocycles. The predicted octanol–water partition coefficient (Wildman–Crippen LogP) is 2.52. The van der Waals surface area contributed by atoms with Crippen LogP contribution < -0.4 is 5.32 Å². The highest BCUT2D eigenvalue weighted by atomic mass is 19.4. The summed E-state index contributed by atoms with van der Waals surface area (Å²) >= 11 is 0. The van der Waals surface area contributed by atoms with Gasteiger partial charge in [0, 0.05) is 52.2 Å². The van der Waals surface area contributed by atoms with Gasteiger partial charge in [0.15, 0.2) is 5.96 Å². The molecular formula is C19H25F3N6. The van der Waals surface area contributed by atoms with E-state index in [9.17, 15) is 13.2 Å². The maximum Gasteiger partial charge on any atom is 0.403 e. The van der Waals surface area contributed by atoms with Crippen molar-refractivity contribution in [3.05, 3.63) is 48.3 Å². The molecule has 1 saturated heterocycles. The van der Waals surface area contributed by atoms with Crippen LogP contribution in [0.5, 0.6) is 0 Å². The van der Waals surface area contributed by atoms with Gasteiger partial charge in [0.05, 0.1) is 5.69 Å². The Labute approximate surface area is 162 Å². The van der Waals surface area contributed by atoms with Crippen LogP contribution in [-0.2, 0) is 6.54 Å². The second kappa shape index (κ2) is 8.64. The summed E-state index contributed by atoms with van der Waals surface area (Å²) in [5, 5.41) is 7.61. The molecule has 1 aliphatic rings. The summed E-state index contributed by atoms with van der Waals surface area (Å²) in [7, 11) is 1.69. The summed E-state index contributed by atoms with van der Waals surface area (Å²) in [4.78, 5) is 7.77. The number of alkyl halides is 3. The van der Waals surface area contributed by atoms with Gasteiger partial charge < -0.3 is 10.2 Å². The number of nitrogens with one attached hydrogen (secondary N) is 1. The molecule has 2 aromatic rings. The third-order valence-electron chi connectivity index (χ3n) is 5.03. The zero-order chi connectivity index (χ0) is 20.1. The second-order valence-electron chi connectivity index (χ2n) is 6.72. The molecule has 28 heavy (non-hydrogen) atoms. The molecule has 0 aliphatic carbocycles. The monoisotopic (exact) mass is 394 g/mol. The molecule has 1 atom stereocenters. The molecule has 1 fully saturated rings. The topological polar surface area (TPSA) is 48.7 Å². The van der Waals surface area contributed by atoms with E-state index in [1.807, 2.05) is 41.4 Å². The normalized spacial score (nSPS) is 17.6. The van der Waals surface area contributed by atoms with Crippen LogP contribution in [0.3, 0.4) is 0 Å². The Morgan fingerprint density at radius 3 is 2.50 bits per heavy atom. The number of aliphatic imine (C=N–C) groups is 1. The Morgan fingerprint density at radius 2 is 1.89 bits per heavy atom. The lowest BCUT2D eigenvalue weighted by molar-refractivity contribution is -0.181. The number of rotatable bonds is 4. The van der Waals surface area contributed by atoms with E-state index >= 15 is 0 Å². The van der Waals surface area contributed by atoms with E-state index in [1.165, 1.54) is 11.8 Å². The fraction of sp³-hybridized carbons (Fsp3) is 0.474. The van der Waals surface area contributed by atoms with Crippen molar-refractivity contribution in [3.63, 3.8) is 0 Å². The van der Waals surface area contributed by atoms with E-state index < -0.39 is 12.2 Å². The summed E-state index contributed by atoms with van der Waals surface area (Å²) in [6.07, 6.45) is -0.586. The van der Waals surface area contributed by atoms with Crippen molar-refractivity contribution in [1.82, 2.24) is 24.9 Å². The lowest BCUT2D eigenvalue weighted by Gasteiger charge is -2.39. The summed E-state index contributed by atoms with van der Waals surface area (Å²) in [5.41, 5.74) is 2.02. The van der Waals surface area contributed by atoms with Crippen molar-refractivity contribution >= 4 is 5.96 Å². The number of nitrogens with zero attached hydrogens (tertiary/aromatic N) is 5. The number of aromatic nitrogens is 2. The smallest absolute Gasteiger partial charge is 0.352 e. The minimum absolute atomic E-state index is 0.352. The van der Waals surface area contributed by atoms with Crippen molar-refractivity contribution in [2.24, 2.45) is 4.99 Å². The van der Waals surface area contributed by atoms with Crippen molar-refractivity contribution in [2.75, 3.05) is 33.2 Å². The summed E-state index contributed by atoms with van der Waals surface area (Å²) < 4.78 is 40.6. The molecule has 1 unspecified atom stereocenters. The van der Waals surface area contributed by atoms with Gasteiger partial charge in [-0.2, -0.15) is 18.3 Å². The van der Waals surface area contributed by atoms with Crippen LogP contribution in [0.15, 0.2) is 47.7 Å². The number of para-hydroxylation sites is 1. The lowest BCUT2D eigenvalue weighted by atomic mass is 10.2. The maximum atomic E-state index is 12.9. The third-order valence-corrected chi connectivity index (χ3v) is 5.03. The average Bonchev–Trinajstić information content (AvgIpc) is 3.22. The van der Waals surface area contributed by atoms with Gasteiger partial charge in [-0.3, -0.25) is 9.89 Å². The molecule has 2 heterocycles. The van der Waals surface area contributed by atoms with E-state index in [0.29, 0.717) is 38.7 Å². The van der Waals surface area contributed by atoms with Gasteiger partial charge >= 0.3 is 6.18 Å². The number of guanidine groups is 1. The van der Waals surface area contributed by atoms with Crippen molar-refractivity contribution in [2.45, 2.75) is 25.7 Å². The van der Waals surface area contributed by atoms with Gasteiger partial charge in [-0.05, 0) is 24.6 Å². The number of hydrogen-bond acceptors (Lipinski definition) is 3. The number of piperazine rings is 1. The summed E-state index contributed by atoms with van der Waals surface area (Å²) in [5.74, 6) is 0.689. The number of benzene rings is 1. The Balaban J connectivity index is 1.60. The second-order valence-corrected chi connectivity index (χ2v) is 6.72. The zero-order valence-corrected chi connectivity index (χ0v) is 16.0. The van der Waals surface area contributed by atoms with Crippen molar-refractivity contribution in [1.29, 1.82) is 0 Å². The molecular weight excluding hydrogens is 369 g/mol. The standard InChI is InChI=1S/C19H25F3N6/c1-15(19(20,21)22)26-10-12-27(13-11-26)18(23-2)24-14-16-6-3-4-7-17(16)28-9-5-8-25-28/h3-9,15H,10-14H2,1-2H3,(H,23,24). The first-order valence-corrected chi connectivity index (χ1v) is 9.24. The quantitative estimate of drug-likeness (QED) is 0.640. The Kier molecular flexibility index (Phi) is 6.23. The van der Waals surface area contributed by atoms with Crippen molar-refractivity contribution < 1.29 is 13.2 Å². The minimum Gasteiger partial charge on any atom is -0.352 e. The molecule has 152 valence electrons. The first-order chi connectivity index (χ1) is 13.4. The van der Waals surface area contributed by atoms with E-state index in [1.54, 1.807) is 17.9 Å². The molecule has 1 aromatic heterocycles. The molecule has 1 N–H and O–H groups in total. The van der Waals surface area contributed by atoms with Crippen LogP contribution >= 0.6 is 0 Å². The maximum absolute atomic E-state index is 12.9. The molecule has 3 rings (SSSR count). The molecule has 0 radical (unpaired) electrons. The summed E-state index contributed by atoms with van der Waals surface area (Å²) in [6.45, 7) is 3.47. The van der Waals surface area contributed by atoms with Gasteiger partial charge in [-0.15, -0.1) is 0 Å². The minimum atomic E-state index is -4.20. The SMILES string of the molecule is CN=C(NCc1ccccc1-n1cccn1)N1CCN(C(C)C(F)(F)F)CC1. The predicted molar refractivity (Wildman–Crippen MR) is 102 cm³/mol. The third kappa shape index (κ3) is 4.64. The Morgan fingerprint density at radius 1 is 1.18 bits per heavy atom. The van der Waals surface area contributed by atoms with Crippen LogP contribution in [-0.4, -0.2) is 71.0 Å². The van der Waals surface area contributed by atoms with E-state index in [4.69, 9.17) is 0 Å². The highest BCUT2D eigenvalue weighted by molar-refractivity contribution is 5.80. The highest BCUT2D eigenvalue weighted by Gasteiger charge is 2.41. The van der Waals surface area contributed by atoms with Gasteiger partial charge in [-0.1, -0.05) is 18.2 Å². The van der Waals surface area contributed by atoms with E-state index in [2.05, 4.69) is 15.4 Å². The fourth-order valence-corrected chi connectivity index (χ4v) is 3.33. The Hall–Kier alpha value is -2.55. The molecule has 6 nitrogen and oxygen atoms in total. The van der Waals surface area contributed by atoms with Crippen LogP contribution in [0.1, 0.15) is 12.5 Å². The molecule has 1 aromatic carbocycles. The van der Waals surface area contributed by atoms with Gasteiger partial charge in [0.1, 0.15) is 6.04 Å². The van der Waals surface area contributed by atoms with Gasteiger partial charge in [0.2, 0.25) is 0 Å². The molecule has 9 heteroatoms. The molecule has 0 amide bonds. The van der Waals surface area contributed by atoms with Gasteiger partial charge in [0.25, 0.3) is 0 Å². The zero-order valence-electron chi connectivity index (χ0n) is 16.0. The molecule has 0 bridgehead atoms. The van der Waals surface area contributed by atoms with E-state index in [0.717, 1.165) is 11.3 Å². The fourth-order valence-electron chi connectivity index (χ4n) is 3.33. The average molecular weight is 394 g/mol. The lowest BCUT2D eigenvalue weighted by Crippen LogP contribution is -2.56. The van der Waals surface area contributed by atoms with Crippen LogP contribution in [0.4, 0.5) is 13.2 Å². The number of halogens is 3.